The lowest BCUT2D eigenvalue weighted by Crippen LogP contribution is -2.29. The third-order valence-electron chi connectivity index (χ3n) is 3.28. The molecule has 4 nitrogen and oxygen atoms in total. The fraction of sp³-hybridized carbons (Fsp3) is 0.235. The standard InChI is InChI=1S/C17H17ClO4/c1-11-9-13(7-8-14(11)18)22-16(17(19)20)10-12-5-3-4-6-15(12)21-2/h3-9,16H,10H2,1-2H3,(H,19,20)/t16-/m0/s1. The van der Waals surface area contributed by atoms with Gasteiger partial charge in [-0.15, -0.1) is 0 Å². The van der Waals surface area contributed by atoms with Crippen molar-refractivity contribution < 1.29 is 19.4 Å². The molecule has 0 bridgehead atoms. The molecule has 0 amide bonds. The van der Waals surface area contributed by atoms with Crippen molar-refractivity contribution in [3.63, 3.8) is 0 Å². The molecule has 116 valence electrons. The van der Waals surface area contributed by atoms with E-state index in [0.29, 0.717) is 16.5 Å². The fourth-order valence-corrected chi connectivity index (χ4v) is 2.22. The van der Waals surface area contributed by atoms with E-state index in [1.807, 2.05) is 25.1 Å². The van der Waals surface area contributed by atoms with Crippen LogP contribution in [0.3, 0.4) is 0 Å². The van der Waals surface area contributed by atoms with Crippen LogP contribution in [0, 0.1) is 6.92 Å². The molecule has 1 N–H and O–H groups in total. The maximum absolute atomic E-state index is 11.5. The molecule has 0 saturated carbocycles. The second-order valence-electron chi connectivity index (χ2n) is 4.87. The highest BCUT2D eigenvalue weighted by Crippen LogP contribution is 2.24. The molecule has 0 radical (unpaired) electrons. The highest BCUT2D eigenvalue weighted by molar-refractivity contribution is 6.31. The van der Waals surface area contributed by atoms with Crippen molar-refractivity contribution in [1.82, 2.24) is 0 Å². The number of hydrogen-bond acceptors (Lipinski definition) is 3. The molecule has 0 aliphatic rings. The number of benzene rings is 2. The lowest BCUT2D eigenvalue weighted by atomic mass is 10.1. The first-order chi connectivity index (χ1) is 10.5. The summed E-state index contributed by atoms with van der Waals surface area (Å²) in [7, 11) is 1.55. The van der Waals surface area contributed by atoms with Gasteiger partial charge in [0.05, 0.1) is 7.11 Å². The van der Waals surface area contributed by atoms with Crippen molar-refractivity contribution in [2.75, 3.05) is 7.11 Å². The first kappa shape index (κ1) is 16.2. The van der Waals surface area contributed by atoms with E-state index in [4.69, 9.17) is 21.1 Å². The van der Waals surface area contributed by atoms with Crippen molar-refractivity contribution in [3.8, 4) is 11.5 Å². The third kappa shape index (κ3) is 3.92. The zero-order chi connectivity index (χ0) is 16.1. The average Bonchev–Trinajstić information content (AvgIpc) is 2.50. The molecular weight excluding hydrogens is 304 g/mol. The summed E-state index contributed by atoms with van der Waals surface area (Å²) in [5, 5.41) is 10.0. The second kappa shape index (κ2) is 7.18. The SMILES string of the molecule is COc1ccccc1C[C@H](Oc1ccc(Cl)c(C)c1)C(=O)O. The Bertz CT molecular complexity index is 669. The van der Waals surface area contributed by atoms with E-state index < -0.39 is 12.1 Å². The average molecular weight is 321 g/mol. The van der Waals surface area contributed by atoms with Crippen LogP contribution in [0.4, 0.5) is 0 Å². The summed E-state index contributed by atoms with van der Waals surface area (Å²) < 4.78 is 10.8. The highest BCUT2D eigenvalue weighted by atomic mass is 35.5. The second-order valence-corrected chi connectivity index (χ2v) is 5.28. The highest BCUT2D eigenvalue weighted by Gasteiger charge is 2.22. The Balaban J connectivity index is 2.20. The number of ether oxygens (including phenoxy) is 2. The van der Waals surface area contributed by atoms with E-state index in [2.05, 4.69) is 0 Å². The molecule has 0 aliphatic carbocycles. The molecule has 0 aromatic heterocycles. The fourth-order valence-electron chi connectivity index (χ4n) is 2.11. The number of hydrogen-bond donors (Lipinski definition) is 1. The van der Waals surface area contributed by atoms with Crippen LogP contribution in [0.15, 0.2) is 42.5 Å². The lowest BCUT2D eigenvalue weighted by molar-refractivity contribution is -0.145. The van der Waals surface area contributed by atoms with Gasteiger partial charge in [0.1, 0.15) is 11.5 Å². The van der Waals surface area contributed by atoms with Crippen molar-refractivity contribution in [1.29, 1.82) is 0 Å². The molecule has 0 spiro atoms. The van der Waals surface area contributed by atoms with Crippen LogP contribution in [0.5, 0.6) is 11.5 Å². The van der Waals surface area contributed by atoms with Crippen LogP contribution < -0.4 is 9.47 Å². The van der Waals surface area contributed by atoms with Crippen LogP contribution in [0.25, 0.3) is 0 Å². The molecule has 0 unspecified atom stereocenters. The van der Waals surface area contributed by atoms with Gasteiger partial charge in [0.25, 0.3) is 0 Å². The minimum Gasteiger partial charge on any atom is -0.496 e. The van der Waals surface area contributed by atoms with Crippen LogP contribution in [-0.4, -0.2) is 24.3 Å². The molecule has 2 rings (SSSR count). The van der Waals surface area contributed by atoms with Crippen molar-refractivity contribution >= 4 is 17.6 Å². The molecule has 1 atom stereocenters. The molecule has 0 saturated heterocycles. The van der Waals surface area contributed by atoms with Gasteiger partial charge in [-0.25, -0.2) is 4.79 Å². The van der Waals surface area contributed by atoms with Gasteiger partial charge in [0, 0.05) is 11.4 Å². The number of methoxy groups -OCH3 is 1. The molecule has 5 heteroatoms. The number of halogens is 1. The number of aryl methyl sites for hydroxylation is 1. The molecule has 0 aliphatic heterocycles. The predicted molar refractivity (Wildman–Crippen MR) is 84.9 cm³/mol. The summed E-state index contributed by atoms with van der Waals surface area (Å²) in [5.74, 6) is 0.0901. The van der Waals surface area contributed by atoms with Gasteiger partial charge < -0.3 is 14.6 Å². The van der Waals surface area contributed by atoms with Gasteiger partial charge in [0.2, 0.25) is 0 Å². The summed E-state index contributed by atoms with van der Waals surface area (Å²) in [6.07, 6.45) is -0.794. The molecule has 22 heavy (non-hydrogen) atoms. The Labute approximate surface area is 134 Å². The number of carbonyl (C=O) groups is 1. The summed E-state index contributed by atoms with van der Waals surface area (Å²) in [6.45, 7) is 1.84. The van der Waals surface area contributed by atoms with Crippen molar-refractivity contribution in [2.45, 2.75) is 19.4 Å². The maximum Gasteiger partial charge on any atom is 0.345 e. The van der Waals surface area contributed by atoms with Crippen molar-refractivity contribution in [3.05, 3.63) is 58.6 Å². The summed E-state index contributed by atoms with van der Waals surface area (Å²) >= 11 is 5.96. The predicted octanol–water partition coefficient (Wildman–Crippen LogP) is 3.73. The van der Waals surface area contributed by atoms with E-state index in [1.165, 1.54) is 0 Å². The minimum absolute atomic E-state index is 0.209. The van der Waals surface area contributed by atoms with E-state index in [-0.39, 0.29) is 6.42 Å². The number of para-hydroxylation sites is 1. The van der Waals surface area contributed by atoms with Gasteiger partial charge in [-0.05, 0) is 42.3 Å². The van der Waals surface area contributed by atoms with E-state index in [9.17, 15) is 9.90 Å². The molecule has 0 fully saturated rings. The lowest BCUT2D eigenvalue weighted by Gasteiger charge is -2.17. The molecule has 0 heterocycles. The van der Waals surface area contributed by atoms with Gasteiger partial charge in [0.15, 0.2) is 6.10 Å². The monoisotopic (exact) mass is 320 g/mol. The van der Waals surface area contributed by atoms with Gasteiger partial charge >= 0.3 is 5.97 Å². The van der Waals surface area contributed by atoms with Gasteiger partial charge in [-0.3, -0.25) is 0 Å². The minimum atomic E-state index is -1.03. The Morgan fingerprint density at radius 3 is 2.64 bits per heavy atom. The van der Waals surface area contributed by atoms with Crippen LogP contribution in [0.2, 0.25) is 5.02 Å². The van der Waals surface area contributed by atoms with E-state index in [0.717, 1.165) is 11.1 Å². The maximum atomic E-state index is 11.5. The Hall–Kier alpha value is -2.20. The zero-order valence-electron chi connectivity index (χ0n) is 12.4. The molecule has 2 aromatic carbocycles. The number of carboxylic acid groups (broad SMARTS) is 1. The van der Waals surface area contributed by atoms with E-state index in [1.54, 1.807) is 31.4 Å². The van der Waals surface area contributed by atoms with E-state index >= 15 is 0 Å². The Kier molecular flexibility index (Phi) is 5.28. The third-order valence-corrected chi connectivity index (χ3v) is 3.71. The van der Waals surface area contributed by atoms with Crippen LogP contribution in [0.1, 0.15) is 11.1 Å². The first-order valence-electron chi connectivity index (χ1n) is 6.78. The molecular formula is C17H17ClO4. The topological polar surface area (TPSA) is 55.8 Å². The first-order valence-corrected chi connectivity index (χ1v) is 7.16. The Morgan fingerprint density at radius 2 is 2.00 bits per heavy atom. The Morgan fingerprint density at radius 1 is 1.27 bits per heavy atom. The quantitative estimate of drug-likeness (QED) is 0.881. The number of rotatable bonds is 6. The summed E-state index contributed by atoms with van der Waals surface area (Å²) in [4.78, 5) is 11.5. The smallest absolute Gasteiger partial charge is 0.345 e. The van der Waals surface area contributed by atoms with Gasteiger partial charge in [-0.1, -0.05) is 29.8 Å². The molecule has 2 aromatic rings. The van der Waals surface area contributed by atoms with Crippen LogP contribution in [-0.2, 0) is 11.2 Å². The number of aliphatic carboxylic acids is 1. The van der Waals surface area contributed by atoms with Gasteiger partial charge in [-0.2, -0.15) is 0 Å². The normalized spacial score (nSPS) is 11.8. The van der Waals surface area contributed by atoms with Crippen molar-refractivity contribution in [2.24, 2.45) is 0 Å². The largest absolute Gasteiger partial charge is 0.496 e. The zero-order valence-corrected chi connectivity index (χ0v) is 13.1. The van der Waals surface area contributed by atoms with Crippen LogP contribution >= 0.6 is 11.6 Å². The summed E-state index contributed by atoms with van der Waals surface area (Å²) in [6, 6.07) is 12.4. The summed E-state index contributed by atoms with van der Waals surface area (Å²) in [5.41, 5.74) is 1.61. The number of carboxylic acids is 1.